The lowest BCUT2D eigenvalue weighted by Gasteiger charge is -2.58. The van der Waals surface area contributed by atoms with Crippen molar-refractivity contribution in [2.75, 3.05) is 19.7 Å². The largest absolute Gasteiger partial charge is 0.444 e. The first-order valence-corrected chi connectivity index (χ1v) is 16.3. The minimum atomic E-state index is -2.83. The summed E-state index contributed by atoms with van der Waals surface area (Å²) in [5.74, 6) is 0. The number of alkyl halides is 2. The average molecular weight is 653 g/mol. The number of hydrogen-bond donors (Lipinski definition) is 0. The van der Waals surface area contributed by atoms with E-state index in [0.717, 1.165) is 30.3 Å². The van der Waals surface area contributed by atoms with Gasteiger partial charge in [-0.3, -0.25) is 9.67 Å². The first-order chi connectivity index (χ1) is 21.9. The highest BCUT2D eigenvalue weighted by molar-refractivity contribution is 6.36. The van der Waals surface area contributed by atoms with Crippen LogP contribution in [0.1, 0.15) is 88.5 Å². The SMILES string of the molecule is Cc1cc2c(cnn2C2CCCCO2)c(-c2c(-c3cccnc3C)nn(C3CC4(C3)CN(C(=O)OC(C)(C)C)C4)c2C(F)F)c1Cl. The molecule has 12 heteroatoms. The van der Waals surface area contributed by atoms with Crippen molar-refractivity contribution in [1.29, 1.82) is 0 Å². The van der Waals surface area contributed by atoms with Crippen LogP contribution in [0, 0.1) is 19.3 Å². The van der Waals surface area contributed by atoms with Gasteiger partial charge in [-0.25, -0.2) is 18.3 Å². The standard InChI is InChI=1S/C34H39ClF2N6O3/c1-19-13-24-23(16-39-43(24)25-10-6-7-12-45-25)26(28(19)35)27-29(22-9-8-11-38-20(22)2)40-42(30(27)31(36)37)21-14-34(15-21)17-41(18-34)32(44)46-33(3,4)5/h8-9,11,13,16,21,25,31H,6-7,10,12,14-15,17-18H2,1-5H3. The van der Waals surface area contributed by atoms with Crippen LogP contribution in [0.25, 0.3) is 33.3 Å². The number of fused-ring (bicyclic) bond motifs is 1. The van der Waals surface area contributed by atoms with Gasteiger partial charge in [-0.1, -0.05) is 11.6 Å². The van der Waals surface area contributed by atoms with Gasteiger partial charge in [0.05, 0.1) is 22.8 Å². The second kappa shape index (κ2) is 11.3. The lowest BCUT2D eigenvalue weighted by Crippen LogP contribution is -2.64. The van der Waals surface area contributed by atoms with Crippen molar-refractivity contribution in [3.63, 3.8) is 0 Å². The van der Waals surface area contributed by atoms with Crippen molar-refractivity contribution < 1.29 is 23.0 Å². The lowest BCUT2D eigenvalue weighted by molar-refractivity contribution is -0.0941. The lowest BCUT2D eigenvalue weighted by atomic mass is 9.60. The molecule has 0 N–H and O–H groups in total. The normalized spacial score (nSPS) is 19.9. The summed E-state index contributed by atoms with van der Waals surface area (Å²) in [6.07, 6.45) is 4.09. The Bertz CT molecular complexity index is 1810. The van der Waals surface area contributed by atoms with Gasteiger partial charge in [-0.05, 0) is 90.5 Å². The highest BCUT2D eigenvalue weighted by Crippen LogP contribution is 2.56. The van der Waals surface area contributed by atoms with Crippen molar-refractivity contribution in [1.82, 2.24) is 29.4 Å². The van der Waals surface area contributed by atoms with Crippen LogP contribution < -0.4 is 0 Å². The van der Waals surface area contributed by atoms with E-state index in [2.05, 4.69) is 4.98 Å². The Morgan fingerprint density at radius 2 is 1.91 bits per heavy atom. The van der Waals surface area contributed by atoms with Gasteiger partial charge in [0.25, 0.3) is 6.43 Å². The monoisotopic (exact) mass is 652 g/mol. The predicted molar refractivity (Wildman–Crippen MR) is 171 cm³/mol. The van der Waals surface area contributed by atoms with E-state index in [1.54, 1.807) is 23.4 Å². The molecule has 3 fully saturated rings. The summed E-state index contributed by atoms with van der Waals surface area (Å²) < 4.78 is 45.8. The molecule has 5 heterocycles. The molecule has 46 heavy (non-hydrogen) atoms. The van der Waals surface area contributed by atoms with Crippen molar-refractivity contribution in [3.8, 4) is 22.4 Å². The number of benzene rings is 1. The van der Waals surface area contributed by atoms with E-state index < -0.39 is 12.0 Å². The third-order valence-corrected chi connectivity index (χ3v) is 9.99. The summed E-state index contributed by atoms with van der Waals surface area (Å²) in [6, 6.07) is 5.35. The number of likely N-dealkylation sites (tertiary alicyclic amines) is 1. The molecular weight excluding hydrogens is 614 g/mol. The summed E-state index contributed by atoms with van der Waals surface area (Å²) in [7, 11) is 0. The molecule has 2 aliphatic heterocycles. The van der Waals surface area contributed by atoms with E-state index in [-0.39, 0.29) is 29.5 Å². The molecule has 0 bridgehead atoms. The van der Waals surface area contributed by atoms with E-state index in [4.69, 9.17) is 31.3 Å². The van der Waals surface area contributed by atoms with Crippen molar-refractivity contribution in [3.05, 3.63) is 52.6 Å². The maximum atomic E-state index is 15.4. The zero-order valence-corrected chi connectivity index (χ0v) is 27.6. The topological polar surface area (TPSA) is 87.3 Å². The van der Waals surface area contributed by atoms with Crippen molar-refractivity contribution in [2.45, 2.75) is 91.0 Å². The zero-order chi connectivity index (χ0) is 32.5. The maximum Gasteiger partial charge on any atom is 0.410 e. The molecule has 244 valence electrons. The number of carbonyl (C=O) groups is 1. The highest BCUT2D eigenvalue weighted by atomic mass is 35.5. The molecule has 1 saturated carbocycles. The van der Waals surface area contributed by atoms with Gasteiger partial charge in [-0.2, -0.15) is 10.2 Å². The van der Waals surface area contributed by atoms with Crippen LogP contribution in [0.15, 0.2) is 30.6 Å². The molecule has 1 unspecified atom stereocenters. The summed E-state index contributed by atoms with van der Waals surface area (Å²) in [4.78, 5) is 18.7. The number of hydrogen-bond acceptors (Lipinski definition) is 6. The number of pyridine rings is 1. The molecule has 9 nitrogen and oxygen atoms in total. The second-order valence-electron chi connectivity index (χ2n) is 14.1. The van der Waals surface area contributed by atoms with Crippen LogP contribution in [0.2, 0.25) is 5.02 Å². The molecule has 4 aromatic rings. The van der Waals surface area contributed by atoms with Gasteiger partial charge in [0.15, 0.2) is 6.23 Å². The number of nitrogens with zero attached hydrogens (tertiary/aromatic N) is 6. The Hall–Kier alpha value is -3.57. The van der Waals surface area contributed by atoms with E-state index in [9.17, 15) is 4.79 Å². The van der Waals surface area contributed by atoms with Crippen LogP contribution in [0.5, 0.6) is 0 Å². The maximum absolute atomic E-state index is 15.4. The predicted octanol–water partition coefficient (Wildman–Crippen LogP) is 8.44. The molecule has 2 saturated heterocycles. The summed E-state index contributed by atoms with van der Waals surface area (Å²) in [5.41, 5.74) is 3.21. The summed E-state index contributed by atoms with van der Waals surface area (Å²) in [6.45, 7) is 11.0. The van der Waals surface area contributed by atoms with Gasteiger partial charge in [-0.15, -0.1) is 0 Å². The first kappa shape index (κ1) is 31.1. The molecule has 1 aromatic carbocycles. The van der Waals surface area contributed by atoms with E-state index >= 15 is 8.78 Å². The Morgan fingerprint density at radius 1 is 1.15 bits per heavy atom. The van der Waals surface area contributed by atoms with Crippen molar-refractivity contribution in [2.24, 2.45) is 5.41 Å². The number of aryl methyl sites for hydroxylation is 2. The van der Waals surface area contributed by atoms with E-state index in [0.29, 0.717) is 71.0 Å². The molecule has 1 amide bonds. The van der Waals surface area contributed by atoms with Gasteiger partial charge >= 0.3 is 6.09 Å². The molecule has 1 spiro atoms. The minimum Gasteiger partial charge on any atom is -0.444 e. The zero-order valence-electron chi connectivity index (χ0n) is 26.8. The highest BCUT2D eigenvalue weighted by Gasteiger charge is 2.56. The van der Waals surface area contributed by atoms with Crippen molar-refractivity contribution >= 4 is 28.6 Å². The van der Waals surface area contributed by atoms with E-state index in [1.807, 2.05) is 51.4 Å². The summed E-state index contributed by atoms with van der Waals surface area (Å²) in [5, 5.41) is 10.7. The fraction of sp³-hybridized carbons (Fsp3) is 0.529. The first-order valence-electron chi connectivity index (χ1n) is 15.9. The smallest absolute Gasteiger partial charge is 0.410 e. The van der Waals surface area contributed by atoms with Gasteiger partial charge < -0.3 is 14.4 Å². The fourth-order valence-corrected chi connectivity index (χ4v) is 7.63. The molecule has 7 rings (SSSR count). The fourth-order valence-electron chi connectivity index (χ4n) is 7.38. The molecule has 0 radical (unpaired) electrons. The van der Waals surface area contributed by atoms with Crippen LogP contribution in [-0.2, 0) is 9.47 Å². The van der Waals surface area contributed by atoms with Gasteiger partial charge in [0.2, 0.25) is 0 Å². The van der Waals surface area contributed by atoms with Crippen LogP contribution in [-0.4, -0.2) is 60.8 Å². The number of rotatable bonds is 5. The van der Waals surface area contributed by atoms with Gasteiger partial charge in [0, 0.05) is 59.1 Å². The quantitative estimate of drug-likeness (QED) is 0.215. The Balaban J connectivity index is 1.33. The Kier molecular flexibility index (Phi) is 7.62. The minimum absolute atomic E-state index is 0.132. The van der Waals surface area contributed by atoms with Crippen LogP contribution in [0.3, 0.4) is 0 Å². The number of halogens is 3. The number of amides is 1. The molecule has 3 aliphatic rings. The van der Waals surface area contributed by atoms with Gasteiger partial charge in [0.1, 0.15) is 17.0 Å². The number of aromatic nitrogens is 5. The molecule has 1 atom stereocenters. The Labute approximate surface area is 271 Å². The molecular formula is C34H39ClF2N6O3. The van der Waals surface area contributed by atoms with Crippen LogP contribution in [0.4, 0.5) is 13.6 Å². The average Bonchev–Trinajstić information content (AvgIpc) is 3.54. The third kappa shape index (κ3) is 5.25. The second-order valence-corrected chi connectivity index (χ2v) is 14.5. The number of carbonyl (C=O) groups excluding carboxylic acids is 1. The summed E-state index contributed by atoms with van der Waals surface area (Å²) >= 11 is 7.07. The third-order valence-electron chi connectivity index (χ3n) is 9.50. The van der Waals surface area contributed by atoms with Crippen LogP contribution >= 0.6 is 11.6 Å². The molecule has 1 aliphatic carbocycles. The van der Waals surface area contributed by atoms with E-state index in [1.165, 1.54) is 4.68 Å². The number of ether oxygens (including phenoxy) is 2. The Morgan fingerprint density at radius 3 is 2.57 bits per heavy atom. The molecule has 3 aromatic heterocycles.